The number of rotatable bonds is 2. The maximum atomic E-state index is 13.8. The van der Waals surface area contributed by atoms with Crippen molar-refractivity contribution in [2.75, 3.05) is 36.1 Å². The average molecular weight is 415 g/mol. The van der Waals surface area contributed by atoms with Crippen molar-refractivity contribution in [2.45, 2.75) is 25.2 Å². The van der Waals surface area contributed by atoms with Gasteiger partial charge >= 0.3 is 6.18 Å². The summed E-state index contributed by atoms with van der Waals surface area (Å²) in [6.07, 6.45) is -4.71. The van der Waals surface area contributed by atoms with Crippen molar-refractivity contribution in [2.24, 2.45) is 0 Å². The molecule has 10 heteroatoms. The maximum Gasteiger partial charge on any atom is 0.409 e. The highest BCUT2D eigenvalue weighted by Crippen LogP contribution is 2.39. The number of hydrogen-bond donors (Lipinski definition) is 0. The largest absolute Gasteiger partial charge is 0.409 e. The predicted octanol–water partition coefficient (Wildman–Crippen LogP) is 3.21. The minimum Gasteiger partial charge on any atom is -0.378 e. The number of benzene rings is 1. The van der Waals surface area contributed by atoms with Crippen molar-refractivity contribution >= 4 is 29.1 Å². The Hall–Kier alpha value is -2.26. The van der Waals surface area contributed by atoms with Crippen LogP contribution < -0.4 is 15.4 Å². The van der Waals surface area contributed by atoms with Gasteiger partial charge in [0.15, 0.2) is 0 Å². The van der Waals surface area contributed by atoms with Crippen LogP contribution in [0.1, 0.15) is 6.42 Å². The van der Waals surface area contributed by atoms with Crippen molar-refractivity contribution in [1.29, 1.82) is 0 Å². The molecule has 0 spiro atoms. The van der Waals surface area contributed by atoms with Gasteiger partial charge in [0, 0.05) is 36.4 Å². The molecule has 2 aliphatic rings. The second-order valence-corrected chi connectivity index (χ2v) is 7.13. The second-order valence-electron chi connectivity index (χ2n) is 6.70. The monoisotopic (exact) mass is 414 g/mol. The molecule has 1 aromatic carbocycles. The Balaban J connectivity index is 1.85. The van der Waals surface area contributed by atoms with Crippen LogP contribution in [0.25, 0.3) is 0 Å². The van der Waals surface area contributed by atoms with E-state index in [2.05, 4.69) is 4.98 Å². The van der Waals surface area contributed by atoms with Gasteiger partial charge in [-0.2, -0.15) is 18.2 Å². The van der Waals surface area contributed by atoms with Crippen molar-refractivity contribution in [3.05, 3.63) is 45.7 Å². The smallest absolute Gasteiger partial charge is 0.378 e. The lowest BCUT2D eigenvalue weighted by molar-refractivity contribution is -0.150. The van der Waals surface area contributed by atoms with Crippen LogP contribution >= 0.6 is 11.6 Å². The molecule has 150 valence electrons. The molecule has 1 saturated heterocycles. The Morgan fingerprint density at radius 3 is 2.43 bits per heavy atom. The normalized spacial score (nSPS) is 20.2. The Morgan fingerprint density at radius 2 is 1.79 bits per heavy atom. The lowest BCUT2D eigenvalue weighted by Gasteiger charge is -2.39. The molecule has 0 radical (unpaired) electrons. The van der Waals surface area contributed by atoms with E-state index in [9.17, 15) is 18.0 Å². The lowest BCUT2D eigenvalue weighted by Crippen LogP contribution is -2.50. The number of aromatic nitrogens is 2. The molecule has 0 bridgehead atoms. The van der Waals surface area contributed by atoms with Gasteiger partial charge in [0.1, 0.15) is 11.9 Å². The van der Waals surface area contributed by atoms with E-state index in [4.69, 9.17) is 16.3 Å². The Morgan fingerprint density at radius 1 is 1.11 bits per heavy atom. The lowest BCUT2D eigenvalue weighted by atomic mass is 10.1. The molecule has 0 aliphatic carbocycles. The molecule has 1 aromatic heterocycles. The van der Waals surface area contributed by atoms with Crippen LogP contribution in [-0.2, 0) is 11.3 Å². The van der Waals surface area contributed by atoms with Gasteiger partial charge < -0.3 is 9.64 Å². The van der Waals surface area contributed by atoms with E-state index in [-0.39, 0.29) is 30.2 Å². The highest BCUT2D eigenvalue weighted by Gasteiger charge is 2.47. The predicted molar refractivity (Wildman–Crippen MR) is 99.6 cm³/mol. The summed E-state index contributed by atoms with van der Waals surface area (Å²) in [6.45, 7) is 1.97. The number of halogens is 4. The fourth-order valence-corrected chi connectivity index (χ4v) is 3.68. The number of nitrogens with zero attached hydrogens (tertiary/aromatic N) is 4. The van der Waals surface area contributed by atoms with Crippen molar-refractivity contribution < 1.29 is 17.9 Å². The standard InChI is InChI=1S/C18H18ClF3N4O2/c19-12-1-3-13(4-2-12)26-14(18(20,21)22)5-6-25-16(27)11-15(23-17(25)26)24-7-9-28-10-8-24/h1-4,11,14H,5-10H2. The molecule has 2 aliphatic heterocycles. The molecule has 1 unspecified atom stereocenters. The maximum absolute atomic E-state index is 13.8. The molecule has 2 aromatic rings. The molecule has 0 saturated carbocycles. The third-order valence-electron chi connectivity index (χ3n) is 4.95. The topological polar surface area (TPSA) is 50.6 Å². The van der Waals surface area contributed by atoms with E-state index >= 15 is 0 Å². The van der Waals surface area contributed by atoms with Crippen LogP contribution in [0.3, 0.4) is 0 Å². The fraction of sp³-hybridized carbons (Fsp3) is 0.444. The molecule has 6 nitrogen and oxygen atoms in total. The van der Waals surface area contributed by atoms with Gasteiger partial charge in [-0.05, 0) is 30.7 Å². The van der Waals surface area contributed by atoms with E-state index in [1.165, 1.54) is 34.9 Å². The quantitative estimate of drug-likeness (QED) is 0.755. The molecular weight excluding hydrogens is 397 g/mol. The van der Waals surface area contributed by atoms with E-state index in [0.29, 0.717) is 37.1 Å². The van der Waals surface area contributed by atoms with Crippen LogP contribution in [0, 0.1) is 0 Å². The molecule has 0 amide bonds. The molecule has 0 N–H and O–H groups in total. The molecule has 4 rings (SSSR count). The van der Waals surface area contributed by atoms with Crippen LogP contribution in [-0.4, -0.2) is 48.1 Å². The first-order valence-corrected chi connectivity index (χ1v) is 9.28. The van der Waals surface area contributed by atoms with E-state index < -0.39 is 12.2 Å². The Labute approximate surface area is 164 Å². The third-order valence-corrected chi connectivity index (χ3v) is 5.20. The number of alkyl halides is 3. The van der Waals surface area contributed by atoms with E-state index in [1.807, 2.05) is 4.90 Å². The second kappa shape index (κ2) is 7.29. The summed E-state index contributed by atoms with van der Waals surface area (Å²) in [5, 5.41) is 0.414. The first kappa shape index (κ1) is 19.1. The highest BCUT2D eigenvalue weighted by atomic mass is 35.5. The summed E-state index contributed by atoms with van der Waals surface area (Å²) in [6, 6.07) is 5.65. The van der Waals surface area contributed by atoms with E-state index in [1.54, 1.807) is 0 Å². The van der Waals surface area contributed by atoms with Gasteiger partial charge in [-0.25, -0.2) is 0 Å². The van der Waals surface area contributed by atoms with Gasteiger partial charge in [0.25, 0.3) is 5.56 Å². The highest BCUT2D eigenvalue weighted by molar-refractivity contribution is 6.30. The summed E-state index contributed by atoms with van der Waals surface area (Å²) < 4.78 is 48.0. The van der Waals surface area contributed by atoms with E-state index in [0.717, 1.165) is 4.90 Å². The summed E-state index contributed by atoms with van der Waals surface area (Å²) >= 11 is 5.90. The molecule has 1 fully saturated rings. The van der Waals surface area contributed by atoms with Gasteiger partial charge in [-0.15, -0.1) is 0 Å². The summed E-state index contributed by atoms with van der Waals surface area (Å²) in [5.41, 5.74) is -0.0858. The van der Waals surface area contributed by atoms with Crippen LogP contribution in [0.5, 0.6) is 0 Å². The van der Waals surface area contributed by atoms with Crippen molar-refractivity contribution in [1.82, 2.24) is 9.55 Å². The zero-order valence-corrected chi connectivity index (χ0v) is 15.6. The summed E-state index contributed by atoms with van der Waals surface area (Å²) in [7, 11) is 0. The number of fused-ring (bicyclic) bond motifs is 1. The van der Waals surface area contributed by atoms with Crippen LogP contribution in [0.15, 0.2) is 35.1 Å². The zero-order valence-electron chi connectivity index (χ0n) is 14.8. The van der Waals surface area contributed by atoms with Gasteiger partial charge in [0.05, 0.1) is 13.2 Å². The number of ether oxygens (including phenoxy) is 1. The average Bonchev–Trinajstić information content (AvgIpc) is 2.68. The number of morpholine rings is 1. The molecule has 1 atom stereocenters. The minimum atomic E-state index is -4.47. The first-order valence-electron chi connectivity index (χ1n) is 8.91. The summed E-state index contributed by atoms with van der Waals surface area (Å²) in [5.74, 6) is 0.353. The SMILES string of the molecule is O=c1cc(N2CCOCC2)nc2n1CCC(C(F)(F)F)N2c1ccc(Cl)cc1. The Kier molecular flexibility index (Phi) is 4.96. The first-order chi connectivity index (χ1) is 13.3. The summed E-state index contributed by atoms with van der Waals surface area (Å²) in [4.78, 5) is 20.1. The van der Waals surface area contributed by atoms with Gasteiger partial charge in [-0.1, -0.05) is 11.6 Å². The fourth-order valence-electron chi connectivity index (χ4n) is 3.56. The minimum absolute atomic E-state index is 0.00936. The van der Waals surface area contributed by atoms with Gasteiger partial charge in [0.2, 0.25) is 5.95 Å². The molecule has 3 heterocycles. The van der Waals surface area contributed by atoms with Crippen LogP contribution in [0.2, 0.25) is 5.02 Å². The van der Waals surface area contributed by atoms with Crippen molar-refractivity contribution in [3.63, 3.8) is 0 Å². The number of anilines is 3. The zero-order chi connectivity index (χ0) is 19.9. The molecule has 28 heavy (non-hydrogen) atoms. The Bertz CT molecular complexity index is 911. The third kappa shape index (κ3) is 3.56. The van der Waals surface area contributed by atoms with Gasteiger partial charge in [-0.3, -0.25) is 14.3 Å². The number of hydrogen-bond acceptors (Lipinski definition) is 5. The van der Waals surface area contributed by atoms with Crippen molar-refractivity contribution in [3.8, 4) is 0 Å². The molecular formula is C18H18ClF3N4O2. The van der Waals surface area contributed by atoms with Crippen LogP contribution in [0.4, 0.5) is 30.6 Å².